The van der Waals surface area contributed by atoms with E-state index in [0.29, 0.717) is 0 Å². The van der Waals surface area contributed by atoms with Gasteiger partial charge in [-0.2, -0.15) is 0 Å². The van der Waals surface area contributed by atoms with Crippen LogP contribution in [0.3, 0.4) is 0 Å². The minimum atomic E-state index is 0. The number of nitrogens with one attached hydrogen (secondary N) is 2. The number of halogens is 1. The molecule has 0 fully saturated rings. The van der Waals surface area contributed by atoms with Crippen LogP contribution in [0.4, 0.5) is 0 Å². The van der Waals surface area contributed by atoms with E-state index >= 15 is 0 Å². The summed E-state index contributed by atoms with van der Waals surface area (Å²) in [5.74, 6) is 2.71. The molecule has 0 aliphatic rings. The van der Waals surface area contributed by atoms with Gasteiger partial charge in [-0.05, 0) is 52.9 Å². The molecular weight excluding hydrogens is 403 g/mol. The lowest BCUT2D eigenvalue weighted by Crippen LogP contribution is -2.39. The van der Waals surface area contributed by atoms with Gasteiger partial charge in [0.2, 0.25) is 0 Å². The fourth-order valence-electron chi connectivity index (χ4n) is 2.15. The first-order chi connectivity index (χ1) is 10.6. The molecule has 0 aliphatic carbocycles. The minimum Gasteiger partial charge on any atom is -0.464 e. The van der Waals surface area contributed by atoms with Gasteiger partial charge in [0.25, 0.3) is 0 Å². The highest BCUT2D eigenvalue weighted by Crippen LogP contribution is 2.15. The number of unbranched alkanes of at least 4 members (excludes halogenated alkanes) is 1. The molecule has 0 aromatic carbocycles. The van der Waals surface area contributed by atoms with E-state index in [9.17, 15) is 0 Å². The number of aryl methyl sites for hydroxylation is 1. The van der Waals surface area contributed by atoms with Crippen LogP contribution in [-0.2, 0) is 0 Å². The summed E-state index contributed by atoms with van der Waals surface area (Å²) < 4.78 is 5.66. The Morgan fingerprint density at radius 3 is 2.61 bits per heavy atom. The fraction of sp³-hybridized carbons (Fsp3) is 0.706. The van der Waals surface area contributed by atoms with Gasteiger partial charge in [0.05, 0.1) is 12.6 Å². The van der Waals surface area contributed by atoms with Crippen molar-refractivity contribution in [3.05, 3.63) is 23.7 Å². The molecule has 0 spiro atoms. The van der Waals surface area contributed by atoms with Crippen LogP contribution in [0, 0.1) is 6.92 Å². The number of aliphatic imine (C=N–C) groups is 1. The van der Waals surface area contributed by atoms with Crippen molar-refractivity contribution in [2.24, 2.45) is 4.99 Å². The van der Waals surface area contributed by atoms with Gasteiger partial charge in [-0.25, -0.2) is 0 Å². The number of guanidine groups is 1. The predicted molar refractivity (Wildman–Crippen MR) is 109 cm³/mol. The number of nitrogens with zero attached hydrogens (tertiary/aromatic N) is 2. The van der Waals surface area contributed by atoms with Crippen LogP contribution in [0.25, 0.3) is 0 Å². The van der Waals surface area contributed by atoms with Crippen LogP contribution in [0.5, 0.6) is 0 Å². The molecule has 1 atom stereocenters. The molecule has 5 nitrogen and oxygen atoms in total. The lowest BCUT2D eigenvalue weighted by molar-refractivity contribution is 0.337. The maximum absolute atomic E-state index is 5.66. The minimum absolute atomic E-state index is 0. The van der Waals surface area contributed by atoms with Crippen molar-refractivity contribution >= 4 is 29.9 Å². The van der Waals surface area contributed by atoms with Crippen LogP contribution in [0.2, 0.25) is 0 Å². The average molecular weight is 436 g/mol. The van der Waals surface area contributed by atoms with Crippen molar-refractivity contribution in [3.63, 3.8) is 0 Å². The molecule has 0 aliphatic heterocycles. The molecule has 0 saturated heterocycles. The zero-order valence-corrected chi connectivity index (χ0v) is 17.5. The van der Waals surface area contributed by atoms with Crippen molar-refractivity contribution in [2.45, 2.75) is 46.6 Å². The Morgan fingerprint density at radius 1 is 1.30 bits per heavy atom. The quantitative estimate of drug-likeness (QED) is 0.353. The molecule has 0 bridgehead atoms. The summed E-state index contributed by atoms with van der Waals surface area (Å²) in [5.41, 5.74) is 0. The molecule has 1 aromatic rings. The topological polar surface area (TPSA) is 52.8 Å². The maximum atomic E-state index is 5.66. The Morgan fingerprint density at radius 2 is 2.04 bits per heavy atom. The molecule has 1 heterocycles. The molecule has 2 N–H and O–H groups in total. The summed E-state index contributed by atoms with van der Waals surface area (Å²) in [7, 11) is 2.15. The van der Waals surface area contributed by atoms with Crippen LogP contribution in [0.15, 0.2) is 21.5 Å². The van der Waals surface area contributed by atoms with Crippen LogP contribution in [0.1, 0.15) is 51.2 Å². The van der Waals surface area contributed by atoms with Crippen molar-refractivity contribution in [3.8, 4) is 0 Å². The number of hydrogen-bond acceptors (Lipinski definition) is 3. The van der Waals surface area contributed by atoms with E-state index in [1.54, 1.807) is 0 Å². The Bertz CT molecular complexity index is 448. The van der Waals surface area contributed by atoms with Gasteiger partial charge in [0, 0.05) is 13.1 Å². The normalized spacial score (nSPS) is 12.9. The van der Waals surface area contributed by atoms with E-state index in [0.717, 1.165) is 43.7 Å². The third-order valence-corrected chi connectivity index (χ3v) is 3.53. The first-order valence-electron chi connectivity index (χ1n) is 8.36. The largest absolute Gasteiger partial charge is 0.464 e. The molecule has 0 radical (unpaired) electrons. The molecule has 0 amide bonds. The lowest BCUT2D eigenvalue weighted by atomic mass is 10.2. The lowest BCUT2D eigenvalue weighted by Gasteiger charge is -2.18. The Labute approximate surface area is 158 Å². The first kappa shape index (κ1) is 22.2. The SMILES string of the molecule is CCCCN(C)CCN=C(NCC)NC(C)c1ccc(C)o1.I. The van der Waals surface area contributed by atoms with Crippen LogP contribution >= 0.6 is 24.0 Å². The second-order valence-corrected chi connectivity index (χ2v) is 5.73. The number of furan rings is 1. The number of rotatable bonds is 9. The van der Waals surface area contributed by atoms with Gasteiger partial charge < -0.3 is 20.0 Å². The van der Waals surface area contributed by atoms with Crippen molar-refractivity contribution in [2.75, 3.05) is 33.2 Å². The Kier molecular flexibility index (Phi) is 12.2. The smallest absolute Gasteiger partial charge is 0.191 e. The van der Waals surface area contributed by atoms with Crippen molar-refractivity contribution in [1.82, 2.24) is 15.5 Å². The monoisotopic (exact) mass is 436 g/mol. The van der Waals surface area contributed by atoms with Crippen LogP contribution in [-0.4, -0.2) is 44.1 Å². The van der Waals surface area contributed by atoms with E-state index in [4.69, 9.17) is 4.42 Å². The van der Waals surface area contributed by atoms with Crippen molar-refractivity contribution in [1.29, 1.82) is 0 Å². The standard InChI is InChI=1S/C17H32N4O.HI/c1-6-8-12-21(5)13-11-19-17(18-7-2)20-15(4)16-10-9-14(3)22-16;/h9-10,15H,6-8,11-13H2,1-5H3,(H2,18,19,20);1H. The van der Waals surface area contributed by atoms with E-state index in [1.165, 1.54) is 12.8 Å². The second-order valence-electron chi connectivity index (χ2n) is 5.73. The highest BCUT2D eigenvalue weighted by molar-refractivity contribution is 14.0. The van der Waals surface area contributed by atoms with Gasteiger partial charge in [-0.15, -0.1) is 24.0 Å². The zero-order chi connectivity index (χ0) is 16.4. The summed E-state index contributed by atoms with van der Waals surface area (Å²) >= 11 is 0. The third-order valence-electron chi connectivity index (χ3n) is 3.53. The molecule has 6 heteroatoms. The summed E-state index contributed by atoms with van der Waals surface area (Å²) in [6.45, 7) is 12.1. The Balaban J connectivity index is 0.00000484. The fourth-order valence-corrected chi connectivity index (χ4v) is 2.15. The van der Waals surface area contributed by atoms with Gasteiger partial charge in [0.1, 0.15) is 11.5 Å². The van der Waals surface area contributed by atoms with Gasteiger partial charge in [-0.3, -0.25) is 4.99 Å². The second kappa shape index (κ2) is 12.6. The third kappa shape index (κ3) is 9.20. The predicted octanol–water partition coefficient (Wildman–Crippen LogP) is 3.55. The molecule has 23 heavy (non-hydrogen) atoms. The maximum Gasteiger partial charge on any atom is 0.191 e. The molecule has 1 rings (SSSR count). The average Bonchev–Trinajstić information content (AvgIpc) is 2.92. The van der Waals surface area contributed by atoms with E-state index < -0.39 is 0 Å². The molecule has 1 aromatic heterocycles. The summed E-state index contributed by atoms with van der Waals surface area (Å²) in [5, 5.41) is 6.68. The molecular formula is C17H33IN4O. The van der Waals surface area contributed by atoms with Gasteiger partial charge in [-0.1, -0.05) is 13.3 Å². The summed E-state index contributed by atoms with van der Waals surface area (Å²) in [6, 6.07) is 4.10. The van der Waals surface area contributed by atoms with Crippen molar-refractivity contribution < 1.29 is 4.42 Å². The summed E-state index contributed by atoms with van der Waals surface area (Å²) in [6.07, 6.45) is 2.48. The molecule has 0 saturated carbocycles. The first-order valence-corrected chi connectivity index (χ1v) is 8.36. The van der Waals surface area contributed by atoms with Gasteiger partial charge in [0.15, 0.2) is 5.96 Å². The highest BCUT2D eigenvalue weighted by Gasteiger charge is 2.11. The zero-order valence-electron chi connectivity index (χ0n) is 15.2. The van der Waals surface area contributed by atoms with E-state index in [-0.39, 0.29) is 30.0 Å². The Hall–Kier alpha value is -0.760. The number of likely N-dealkylation sites (N-methyl/N-ethyl adjacent to an activating group) is 1. The highest BCUT2D eigenvalue weighted by atomic mass is 127. The van der Waals surface area contributed by atoms with E-state index in [1.807, 2.05) is 19.1 Å². The molecule has 134 valence electrons. The summed E-state index contributed by atoms with van der Waals surface area (Å²) in [4.78, 5) is 6.97. The number of hydrogen-bond donors (Lipinski definition) is 2. The van der Waals surface area contributed by atoms with Crippen LogP contribution < -0.4 is 10.6 Å². The van der Waals surface area contributed by atoms with Gasteiger partial charge >= 0.3 is 0 Å². The van der Waals surface area contributed by atoms with E-state index in [2.05, 4.69) is 48.3 Å². The molecule has 1 unspecified atom stereocenters.